The van der Waals surface area contributed by atoms with Crippen LogP contribution < -0.4 is 5.32 Å². The van der Waals surface area contributed by atoms with Gasteiger partial charge in [0.15, 0.2) is 0 Å². The molecule has 2 N–H and O–H groups in total. The van der Waals surface area contributed by atoms with Crippen molar-refractivity contribution in [2.75, 3.05) is 0 Å². The van der Waals surface area contributed by atoms with Crippen LogP contribution in [0.4, 0.5) is 13.2 Å². The van der Waals surface area contributed by atoms with Crippen molar-refractivity contribution in [2.45, 2.75) is 18.6 Å². The number of amides is 1. The second kappa shape index (κ2) is 8.82. The molecule has 3 aromatic rings. The van der Waals surface area contributed by atoms with Gasteiger partial charge in [-0.05, 0) is 41.0 Å². The minimum Gasteiger partial charge on any atom is -0.480 e. The van der Waals surface area contributed by atoms with E-state index < -0.39 is 29.7 Å². The van der Waals surface area contributed by atoms with Gasteiger partial charge in [-0.1, -0.05) is 54.6 Å². The van der Waals surface area contributed by atoms with E-state index in [0.29, 0.717) is 5.56 Å². The number of carbonyl (C=O) groups excluding carboxylic acids is 1. The lowest BCUT2D eigenvalue weighted by Gasteiger charge is -2.15. The average Bonchev–Trinajstić information content (AvgIpc) is 2.74. The van der Waals surface area contributed by atoms with Gasteiger partial charge < -0.3 is 10.4 Å². The summed E-state index contributed by atoms with van der Waals surface area (Å²) in [4.78, 5) is 23.9. The van der Waals surface area contributed by atoms with Crippen LogP contribution in [0.2, 0.25) is 0 Å². The molecule has 0 saturated carbocycles. The highest BCUT2D eigenvalue weighted by Gasteiger charge is 2.30. The maximum absolute atomic E-state index is 12.6. The van der Waals surface area contributed by atoms with E-state index in [4.69, 9.17) is 0 Å². The van der Waals surface area contributed by atoms with Gasteiger partial charge in [0.1, 0.15) is 6.04 Å². The van der Waals surface area contributed by atoms with Crippen LogP contribution in [0, 0.1) is 0 Å². The van der Waals surface area contributed by atoms with E-state index in [0.717, 1.165) is 35.4 Å². The van der Waals surface area contributed by atoms with Crippen molar-refractivity contribution in [1.29, 1.82) is 0 Å². The van der Waals surface area contributed by atoms with E-state index in [-0.39, 0.29) is 12.0 Å². The summed E-state index contributed by atoms with van der Waals surface area (Å²) in [5, 5.41) is 11.8. The molecule has 154 valence electrons. The van der Waals surface area contributed by atoms with Crippen LogP contribution in [0.15, 0.2) is 78.9 Å². The molecule has 0 fully saturated rings. The van der Waals surface area contributed by atoms with E-state index in [1.807, 2.05) is 42.5 Å². The Hall–Kier alpha value is -3.61. The third kappa shape index (κ3) is 5.26. The van der Waals surface area contributed by atoms with Crippen LogP contribution in [-0.2, 0) is 17.4 Å². The highest BCUT2D eigenvalue weighted by atomic mass is 19.4. The molecule has 30 heavy (non-hydrogen) atoms. The van der Waals surface area contributed by atoms with Gasteiger partial charge in [0, 0.05) is 12.0 Å². The summed E-state index contributed by atoms with van der Waals surface area (Å²) in [7, 11) is 0. The first-order valence-corrected chi connectivity index (χ1v) is 9.09. The molecule has 0 unspecified atom stereocenters. The van der Waals surface area contributed by atoms with Gasteiger partial charge in [-0.25, -0.2) is 4.79 Å². The zero-order valence-corrected chi connectivity index (χ0v) is 15.7. The van der Waals surface area contributed by atoms with E-state index >= 15 is 0 Å². The SMILES string of the molecule is O=C(N[C@@H](Cc1ccc(-c2ccccc2)cc1)C(=O)O)c1ccc(C(F)(F)F)cc1. The molecule has 0 aliphatic rings. The third-order valence-electron chi connectivity index (χ3n) is 4.58. The van der Waals surface area contributed by atoms with Crippen LogP contribution in [0.1, 0.15) is 21.5 Å². The molecule has 7 heteroatoms. The monoisotopic (exact) mass is 413 g/mol. The largest absolute Gasteiger partial charge is 0.480 e. The maximum Gasteiger partial charge on any atom is 0.416 e. The Kier molecular flexibility index (Phi) is 6.20. The molecule has 0 aromatic heterocycles. The fourth-order valence-electron chi connectivity index (χ4n) is 2.95. The zero-order chi connectivity index (χ0) is 21.7. The van der Waals surface area contributed by atoms with Crippen LogP contribution in [-0.4, -0.2) is 23.0 Å². The number of nitrogens with one attached hydrogen (secondary N) is 1. The van der Waals surface area contributed by atoms with E-state index in [9.17, 15) is 27.9 Å². The molecule has 0 radical (unpaired) electrons. The van der Waals surface area contributed by atoms with Crippen molar-refractivity contribution in [2.24, 2.45) is 0 Å². The number of alkyl halides is 3. The Morgan fingerprint density at radius 1 is 0.833 bits per heavy atom. The smallest absolute Gasteiger partial charge is 0.416 e. The molecule has 0 aliphatic carbocycles. The molecule has 1 amide bonds. The molecule has 1 atom stereocenters. The summed E-state index contributed by atoms with van der Waals surface area (Å²) in [6.07, 6.45) is -4.47. The molecule has 4 nitrogen and oxygen atoms in total. The molecule has 0 saturated heterocycles. The van der Waals surface area contributed by atoms with Crippen LogP contribution >= 0.6 is 0 Å². The number of carboxylic acid groups (broad SMARTS) is 1. The number of carbonyl (C=O) groups is 2. The van der Waals surface area contributed by atoms with Gasteiger partial charge in [-0.15, -0.1) is 0 Å². The Labute approximate surface area is 171 Å². The van der Waals surface area contributed by atoms with E-state index in [2.05, 4.69) is 5.32 Å². The van der Waals surface area contributed by atoms with Crippen LogP contribution in [0.5, 0.6) is 0 Å². The minimum atomic E-state index is -4.51. The second-order valence-electron chi connectivity index (χ2n) is 6.71. The minimum absolute atomic E-state index is 0.0385. The summed E-state index contributed by atoms with van der Waals surface area (Å²) >= 11 is 0. The molecule has 0 spiro atoms. The van der Waals surface area contributed by atoms with Crippen molar-refractivity contribution in [3.05, 3.63) is 95.6 Å². The number of carboxylic acids is 1. The molecular formula is C23H18F3NO3. The molecule has 0 heterocycles. The normalized spacial score (nSPS) is 12.2. The van der Waals surface area contributed by atoms with Crippen LogP contribution in [0.25, 0.3) is 11.1 Å². The maximum atomic E-state index is 12.6. The molecule has 0 aliphatic heterocycles. The number of aliphatic carboxylic acids is 1. The molecule has 3 rings (SSSR count). The predicted molar refractivity (Wildman–Crippen MR) is 106 cm³/mol. The fraction of sp³-hybridized carbons (Fsp3) is 0.130. The van der Waals surface area contributed by atoms with Crippen molar-refractivity contribution in [3.63, 3.8) is 0 Å². The zero-order valence-electron chi connectivity index (χ0n) is 15.7. The van der Waals surface area contributed by atoms with Crippen molar-refractivity contribution in [1.82, 2.24) is 5.32 Å². The van der Waals surface area contributed by atoms with Gasteiger partial charge in [-0.3, -0.25) is 4.79 Å². The van der Waals surface area contributed by atoms with Gasteiger partial charge in [0.2, 0.25) is 0 Å². The molecule has 3 aromatic carbocycles. The lowest BCUT2D eigenvalue weighted by atomic mass is 10.0. The third-order valence-corrected chi connectivity index (χ3v) is 4.58. The average molecular weight is 413 g/mol. The summed E-state index contributed by atoms with van der Waals surface area (Å²) in [5.41, 5.74) is 1.77. The molecule has 0 bridgehead atoms. The second-order valence-corrected chi connectivity index (χ2v) is 6.71. The van der Waals surface area contributed by atoms with Crippen LogP contribution in [0.3, 0.4) is 0 Å². The van der Waals surface area contributed by atoms with Crippen molar-refractivity contribution < 1.29 is 27.9 Å². The quantitative estimate of drug-likeness (QED) is 0.610. The summed E-state index contributed by atoms with van der Waals surface area (Å²) in [6, 6.07) is 19.3. The standard InChI is InChI=1S/C23H18F3NO3/c24-23(25,26)19-12-10-18(11-13-19)21(28)27-20(22(29)30)14-15-6-8-17(9-7-15)16-4-2-1-3-5-16/h1-13,20H,14H2,(H,27,28)(H,29,30)/t20-/m0/s1. The first-order chi connectivity index (χ1) is 14.2. The van der Waals surface area contributed by atoms with Gasteiger partial charge in [0.05, 0.1) is 5.56 Å². The summed E-state index contributed by atoms with van der Waals surface area (Å²) < 4.78 is 37.9. The van der Waals surface area contributed by atoms with Gasteiger partial charge >= 0.3 is 12.1 Å². The van der Waals surface area contributed by atoms with Gasteiger partial charge in [-0.2, -0.15) is 13.2 Å². The lowest BCUT2D eigenvalue weighted by Crippen LogP contribution is -2.42. The lowest BCUT2D eigenvalue weighted by molar-refractivity contribution is -0.139. The number of hydrogen-bond donors (Lipinski definition) is 2. The number of rotatable bonds is 6. The summed E-state index contributed by atoms with van der Waals surface area (Å²) in [6.45, 7) is 0. The van der Waals surface area contributed by atoms with E-state index in [1.165, 1.54) is 0 Å². The highest BCUT2D eigenvalue weighted by molar-refractivity contribution is 5.96. The Morgan fingerprint density at radius 2 is 1.40 bits per heavy atom. The van der Waals surface area contributed by atoms with Crippen molar-refractivity contribution in [3.8, 4) is 11.1 Å². The number of hydrogen-bond acceptors (Lipinski definition) is 2. The highest BCUT2D eigenvalue weighted by Crippen LogP contribution is 2.29. The number of halogens is 3. The Morgan fingerprint density at radius 3 is 1.93 bits per heavy atom. The number of benzene rings is 3. The van der Waals surface area contributed by atoms with Gasteiger partial charge in [0.25, 0.3) is 5.91 Å². The van der Waals surface area contributed by atoms with E-state index in [1.54, 1.807) is 12.1 Å². The topological polar surface area (TPSA) is 66.4 Å². The molecular weight excluding hydrogens is 395 g/mol. The van der Waals surface area contributed by atoms with Crippen molar-refractivity contribution >= 4 is 11.9 Å². The first-order valence-electron chi connectivity index (χ1n) is 9.09. The predicted octanol–water partition coefficient (Wildman–Crippen LogP) is 4.80. The first kappa shape index (κ1) is 21.1. The Bertz CT molecular complexity index is 1010. The summed E-state index contributed by atoms with van der Waals surface area (Å²) in [5.74, 6) is -1.99. The Balaban J connectivity index is 1.69. The fourth-order valence-corrected chi connectivity index (χ4v) is 2.95.